The Kier molecular flexibility index (Phi) is 5.05. The predicted molar refractivity (Wildman–Crippen MR) is 83.0 cm³/mol. The van der Waals surface area contributed by atoms with Gasteiger partial charge in [0, 0.05) is 5.56 Å². The average Bonchev–Trinajstić information content (AvgIpc) is 2.54. The second-order valence-corrected chi connectivity index (χ2v) is 4.80. The molecule has 110 valence electrons. The van der Waals surface area contributed by atoms with Gasteiger partial charge in [-0.05, 0) is 24.6 Å². The molecule has 0 radical (unpaired) electrons. The predicted octanol–water partition coefficient (Wildman–Crippen LogP) is 3.61. The number of hydrogen-bond donors (Lipinski definition) is 1. The lowest BCUT2D eigenvalue weighted by atomic mass is 10.1. The summed E-state index contributed by atoms with van der Waals surface area (Å²) < 4.78 is 13.6. The van der Waals surface area contributed by atoms with Crippen LogP contribution in [0.2, 0.25) is 0 Å². The summed E-state index contributed by atoms with van der Waals surface area (Å²) in [6, 6.07) is 17.0. The molecule has 0 aliphatic carbocycles. The van der Waals surface area contributed by atoms with E-state index < -0.39 is 11.7 Å². The summed E-state index contributed by atoms with van der Waals surface area (Å²) in [7, 11) is 0. The number of carbonyl (C=O) groups is 1. The molecule has 22 heavy (non-hydrogen) atoms. The Morgan fingerprint density at radius 2 is 1.82 bits per heavy atom. The Morgan fingerprint density at radius 1 is 1.18 bits per heavy atom. The van der Waals surface area contributed by atoms with Gasteiger partial charge in [-0.3, -0.25) is 4.79 Å². The van der Waals surface area contributed by atoms with Crippen LogP contribution in [-0.4, -0.2) is 5.91 Å². The maximum Gasteiger partial charge on any atom is 0.262 e. The van der Waals surface area contributed by atoms with Crippen molar-refractivity contribution in [2.24, 2.45) is 0 Å². The third kappa shape index (κ3) is 3.80. The number of amides is 1. The van der Waals surface area contributed by atoms with Gasteiger partial charge in [0.1, 0.15) is 17.5 Å². The molecule has 1 amide bonds. The van der Waals surface area contributed by atoms with Crippen LogP contribution < -0.4 is 5.32 Å². The first-order chi connectivity index (χ1) is 10.6. The van der Waals surface area contributed by atoms with Crippen LogP contribution in [0.15, 0.2) is 60.2 Å². The van der Waals surface area contributed by atoms with Crippen LogP contribution in [0.1, 0.15) is 24.1 Å². The second kappa shape index (κ2) is 7.19. The van der Waals surface area contributed by atoms with Crippen LogP contribution in [0.25, 0.3) is 6.08 Å². The molecule has 0 saturated carbocycles. The van der Waals surface area contributed by atoms with E-state index in [1.807, 2.05) is 43.3 Å². The minimum absolute atomic E-state index is 0.132. The number of nitrogens with zero attached hydrogens (tertiary/aromatic N) is 1. The van der Waals surface area contributed by atoms with Gasteiger partial charge in [-0.2, -0.15) is 5.26 Å². The molecule has 3 nitrogen and oxygen atoms in total. The molecule has 2 aromatic rings. The van der Waals surface area contributed by atoms with Crippen molar-refractivity contribution < 1.29 is 9.18 Å². The fraction of sp³-hybridized carbons (Fsp3) is 0.111. The Bertz CT molecular complexity index is 732. The van der Waals surface area contributed by atoms with Gasteiger partial charge in [0.15, 0.2) is 0 Å². The summed E-state index contributed by atoms with van der Waals surface area (Å²) in [6.07, 6.45) is 1.25. The summed E-state index contributed by atoms with van der Waals surface area (Å²) in [5, 5.41) is 11.9. The van der Waals surface area contributed by atoms with Gasteiger partial charge in [-0.1, -0.05) is 48.5 Å². The molecule has 0 fully saturated rings. The van der Waals surface area contributed by atoms with Crippen molar-refractivity contribution in [1.82, 2.24) is 5.32 Å². The second-order valence-electron chi connectivity index (χ2n) is 4.80. The van der Waals surface area contributed by atoms with Gasteiger partial charge in [0.2, 0.25) is 0 Å². The molecule has 1 N–H and O–H groups in total. The number of benzene rings is 2. The van der Waals surface area contributed by atoms with Crippen LogP contribution in [0.5, 0.6) is 0 Å². The third-order valence-corrected chi connectivity index (χ3v) is 3.22. The summed E-state index contributed by atoms with van der Waals surface area (Å²) in [5.74, 6) is -0.999. The van der Waals surface area contributed by atoms with Gasteiger partial charge >= 0.3 is 0 Å². The van der Waals surface area contributed by atoms with Gasteiger partial charge in [-0.25, -0.2) is 4.39 Å². The normalized spacial score (nSPS) is 12.3. The Labute approximate surface area is 128 Å². The van der Waals surface area contributed by atoms with Gasteiger partial charge in [-0.15, -0.1) is 0 Å². The topological polar surface area (TPSA) is 52.9 Å². The molecule has 2 rings (SSSR count). The third-order valence-electron chi connectivity index (χ3n) is 3.22. The van der Waals surface area contributed by atoms with Crippen molar-refractivity contribution in [3.63, 3.8) is 0 Å². The average molecular weight is 294 g/mol. The van der Waals surface area contributed by atoms with Crippen molar-refractivity contribution in [3.05, 3.63) is 77.1 Å². The van der Waals surface area contributed by atoms with Crippen molar-refractivity contribution in [2.45, 2.75) is 13.0 Å². The maximum absolute atomic E-state index is 13.6. The number of carbonyl (C=O) groups excluding carboxylic acids is 1. The minimum Gasteiger partial charge on any atom is -0.345 e. The molecule has 0 aliphatic heterocycles. The van der Waals surface area contributed by atoms with Crippen LogP contribution in [0, 0.1) is 17.1 Å². The Morgan fingerprint density at radius 3 is 2.45 bits per heavy atom. The van der Waals surface area contributed by atoms with Gasteiger partial charge in [0.25, 0.3) is 5.91 Å². The van der Waals surface area contributed by atoms with Crippen LogP contribution in [-0.2, 0) is 4.79 Å². The highest BCUT2D eigenvalue weighted by Crippen LogP contribution is 2.14. The molecule has 1 atom stereocenters. The summed E-state index contributed by atoms with van der Waals surface area (Å²) in [4.78, 5) is 12.1. The highest BCUT2D eigenvalue weighted by Gasteiger charge is 2.14. The number of rotatable bonds is 4. The van der Waals surface area contributed by atoms with E-state index in [2.05, 4.69) is 5.32 Å². The summed E-state index contributed by atoms with van der Waals surface area (Å²) in [5.41, 5.74) is 1.01. The maximum atomic E-state index is 13.6. The molecule has 0 spiro atoms. The van der Waals surface area contributed by atoms with Crippen molar-refractivity contribution in [2.75, 3.05) is 0 Å². The van der Waals surface area contributed by atoms with E-state index >= 15 is 0 Å². The fourth-order valence-corrected chi connectivity index (χ4v) is 2.00. The lowest BCUT2D eigenvalue weighted by molar-refractivity contribution is -0.117. The SMILES string of the molecule is CC(NC(=O)C(C#N)=Cc1ccccc1F)c1ccccc1. The smallest absolute Gasteiger partial charge is 0.262 e. The van der Waals surface area contributed by atoms with E-state index in [1.165, 1.54) is 18.2 Å². The molecule has 1 unspecified atom stereocenters. The van der Waals surface area contributed by atoms with E-state index in [-0.39, 0.29) is 17.2 Å². The standard InChI is InChI=1S/C18H15FN2O/c1-13(14-7-3-2-4-8-14)21-18(22)16(12-20)11-15-9-5-6-10-17(15)19/h2-11,13H,1H3,(H,21,22). The highest BCUT2D eigenvalue weighted by atomic mass is 19.1. The molecule has 2 aromatic carbocycles. The molecular weight excluding hydrogens is 279 g/mol. The molecular formula is C18H15FN2O. The molecule has 0 aromatic heterocycles. The quantitative estimate of drug-likeness (QED) is 0.692. The van der Waals surface area contributed by atoms with Crippen LogP contribution >= 0.6 is 0 Å². The molecule has 0 heterocycles. The van der Waals surface area contributed by atoms with Crippen molar-refractivity contribution in [1.29, 1.82) is 5.26 Å². The van der Waals surface area contributed by atoms with Gasteiger partial charge in [0.05, 0.1) is 6.04 Å². The first-order valence-corrected chi connectivity index (χ1v) is 6.84. The zero-order valence-corrected chi connectivity index (χ0v) is 12.1. The highest BCUT2D eigenvalue weighted by molar-refractivity contribution is 6.01. The van der Waals surface area contributed by atoms with E-state index in [9.17, 15) is 9.18 Å². The van der Waals surface area contributed by atoms with Gasteiger partial charge < -0.3 is 5.32 Å². The number of halogens is 1. The zero-order chi connectivity index (χ0) is 15.9. The summed E-state index contributed by atoms with van der Waals surface area (Å²) >= 11 is 0. The Hall–Kier alpha value is -2.93. The molecule has 0 bridgehead atoms. The monoisotopic (exact) mass is 294 g/mol. The molecule has 0 saturated heterocycles. The number of hydrogen-bond acceptors (Lipinski definition) is 2. The Balaban J connectivity index is 2.17. The molecule has 4 heteroatoms. The van der Waals surface area contributed by atoms with Crippen LogP contribution in [0.3, 0.4) is 0 Å². The van der Waals surface area contributed by atoms with Crippen molar-refractivity contribution >= 4 is 12.0 Å². The molecule has 0 aliphatic rings. The largest absolute Gasteiger partial charge is 0.345 e. The van der Waals surface area contributed by atoms with E-state index in [0.29, 0.717) is 0 Å². The minimum atomic E-state index is -0.526. The van der Waals surface area contributed by atoms with Crippen LogP contribution in [0.4, 0.5) is 4.39 Å². The number of nitriles is 1. The first-order valence-electron chi connectivity index (χ1n) is 6.84. The number of nitrogens with one attached hydrogen (secondary N) is 1. The zero-order valence-electron chi connectivity index (χ0n) is 12.1. The van der Waals surface area contributed by atoms with Crippen molar-refractivity contribution in [3.8, 4) is 6.07 Å². The fourth-order valence-electron chi connectivity index (χ4n) is 2.00. The van der Waals surface area contributed by atoms with E-state index in [4.69, 9.17) is 5.26 Å². The van der Waals surface area contributed by atoms with E-state index in [0.717, 1.165) is 5.56 Å². The van der Waals surface area contributed by atoms with E-state index in [1.54, 1.807) is 12.1 Å². The lowest BCUT2D eigenvalue weighted by Crippen LogP contribution is -2.27. The lowest BCUT2D eigenvalue weighted by Gasteiger charge is -2.13. The summed E-state index contributed by atoms with van der Waals surface area (Å²) in [6.45, 7) is 1.82. The first kappa shape index (κ1) is 15.5.